The third kappa shape index (κ3) is 4.65. The van der Waals surface area contributed by atoms with Gasteiger partial charge in [0.2, 0.25) is 0 Å². The van der Waals surface area contributed by atoms with E-state index < -0.39 is 23.3 Å². The zero-order valence-corrected chi connectivity index (χ0v) is 27.1. The number of aryl methyl sites for hydroxylation is 2. The van der Waals surface area contributed by atoms with Gasteiger partial charge in [-0.15, -0.1) is 0 Å². The number of aromatic hydroxyl groups is 1. The van der Waals surface area contributed by atoms with Crippen molar-refractivity contribution in [1.29, 1.82) is 0 Å². The average Bonchev–Trinajstić information content (AvgIpc) is 3.32. The fourth-order valence-electron chi connectivity index (χ4n) is 6.85. The Kier molecular flexibility index (Phi) is 7.27. The summed E-state index contributed by atoms with van der Waals surface area (Å²) in [5, 5.41) is 9.92. The number of ether oxygens (including phenoxy) is 2. The molecule has 0 amide bonds. The number of hydrogen-bond acceptors (Lipinski definition) is 9. The van der Waals surface area contributed by atoms with Gasteiger partial charge in [0.25, 0.3) is 5.56 Å². The second kappa shape index (κ2) is 11.2. The van der Waals surface area contributed by atoms with Crippen LogP contribution < -0.4 is 26.4 Å². The molecule has 0 bridgehead atoms. The van der Waals surface area contributed by atoms with Crippen molar-refractivity contribution in [2.24, 2.45) is 7.05 Å². The lowest BCUT2D eigenvalue weighted by molar-refractivity contribution is -0.115. The monoisotopic (exact) mass is 701 g/mol. The van der Waals surface area contributed by atoms with Crippen molar-refractivity contribution in [1.82, 2.24) is 23.5 Å². The van der Waals surface area contributed by atoms with Gasteiger partial charge in [0.1, 0.15) is 11.4 Å². The first kappa shape index (κ1) is 30.4. The van der Waals surface area contributed by atoms with Crippen LogP contribution >= 0.6 is 15.9 Å². The molecule has 0 radical (unpaired) electrons. The average molecular weight is 703 g/mol. The largest absolute Gasteiger partial charge is 0.508 e. The summed E-state index contributed by atoms with van der Waals surface area (Å²) in [5.41, 5.74) is 1.57. The number of rotatable bonds is 6. The second-order valence-corrected chi connectivity index (χ2v) is 12.4. The van der Waals surface area contributed by atoms with E-state index in [2.05, 4.69) is 20.9 Å². The van der Waals surface area contributed by atoms with Crippen LogP contribution in [0.4, 0.5) is 0 Å². The van der Waals surface area contributed by atoms with E-state index in [4.69, 9.17) is 9.47 Å². The number of allylic oxidation sites excluding steroid dienone is 6. The Hall–Kier alpha value is -5.24. The van der Waals surface area contributed by atoms with Crippen LogP contribution in [0, 0.1) is 0 Å². The number of halogens is 1. The van der Waals surface area contributed by atoms with Crippen LogP contribution in [0.3, 0.4) is 0 Å². The van der Waals surface area contributed by atoms with Gasteiger partial charge in [-0.3, -0.25) is 14.4 Å². The number of fused-ring (bicyclic) bond motifs is 4. The SMILES string of the molecule is COc1cc2nc(CCn3c(=O)n4n(c3=O)C3CC5=C(C(=O)C=C(Br)C5=O)C(c5ccc(O)cc5)C3=CC4)c(=O)n(C)c2cc1OC. The van der Waals surface area contributed by atoms with Gasteiger partial charge in [-0.2, -0.15) is 0 Å². The fraction of sp³-hybridized carbons (Fsp3) is 0.273. The molecule has 0 saturated heterocycles. The summed E-state index contributed by atoms with van der Waals surface area (Å²) >= 11 is 3.21. The van der Waals surface area contributed by atoms with Crippen LogP contribution in [0.25, 0.3) is 11.0 Å². The first-order chi connectivity index (χ1) is 22.5. The van der Waals surface area contributed by atoms with E-state index in [0.29, 0.717) is 39.2 Å². The number of nitrogens with zero attached hydrogens (tertiary/aromatic N) is 5. The van der Waals surface area contributed by atoms with Crippen molar-refractivity contribution in [3.05, 3.63) is 112 Å². The number of benzene rings is 2. The molecule has 13 nitrogen and oxygen atoms in total. The smallest absolute Gasteiger partial charge is 0.347 e. The highest BCUT2D eigenvalue weighted by atomic mass is 79.9. The molecule has 4 aromatic rings. The van der Waals surface area contributed by atoms with E-state index in [9.17, 15) is 29.1 Å². The van der Waals surface area contributed by atoms with Gasteiger partial charge in [-0.25, -0.2) is 28.5 Å². The molecule has 2 unspecified atom stereocenters. The van der Waals surface area contributed by atoms with Crippen molar-refractivity contribution >= 4 is 38.5 Å². The maximum Gasteiger partial charge on any atom is 0.347 e. The van der Waals surface area contributed by atoms with Crippen LogP contribution in [0.2, 0.25) is 0 Å². The lowest BCUT2D eigenvalue weighted by atomic mass is 9.69. The van der Waals surface area contributed by atoms with Crippen molar-refractivity contribution in [2.45, 2.75) is 37.9 Å². The molecule has 0 spiro atoms. The number of aromatic nitrogens is 5. The first-order valence-corrected chi connectivity index (χ1v) is 15.5. The Morgan fingerprint density at radius 3 is 2.40 bits per heavy atom. The Morgan fingerprint density at radius 1 is 1.00 bits per heavy atom. The van der Waals surface area contributed by atoms with E-state index in [1.165, 1.54) is 46.4 Å². The van der Waals surface area contributed by atoms with Crippen molar-refractivity contribution in [3.8, 4) is 17.2 Å². The molecule has 2 atom stereocenters. The molecular formula is C33H28BrN5O8. The van der Waals surface area contributed by atoms with E-state index in [0.717, 1.165) is 4.57 Å². The number of phenols is 1. The van der Waals surface area contributed by atoms with Gasteiger partial charge in [-0.05, 0) is 39.2 Å². The van der Waals surface area contributed by atoms with Gasteiger partial charge in [0.15, 0.2) is 23.1 Å². The summed E-state index contributed by atoms with van der Waals surface area (Å²) in [6, 6.07) is 8.94. The minimum atomic E-state index is -0.730. The van der Waals surface area contributed by atoms with Gasteiger partial charge < -0.3 is 19.1 Å². The third-order valence-corrected chi connectivity index (χ3v) is 9.71. The molecule has 1 N–H and O–H groups in total. The van der Waals surface area contributed by atoms with Crippen LogP contribution in [-0.2, 0) is 36.1 Å². The Bertz CT molecular complexity index is 2320. The predicted molar refractivity (Wildman–Crippen MR) is 173 cm³/mol. The fourth-order valence-corrected chi connectivity index (χ4v) is 7.30. The molecule has 14 heteroatoms. The number of methoxy groups -OCH3 is 2. The molecule has 240 valence electrons. The summed E-state index contributed by atoms with van der Waals surface area (Å²) in [6.45, 7) is -0.0574. The predicted octanol–water partition coefficient (Wildman–Crippen LogP) is 2.42. The highest BCUT2D eigenvalue weighted by Crippen LogP contribution is 2.50. The number of carbonyl (C=O) groups excluding carboxylic acids is 2. The highest BCUT2D eigenvalue weighted by Gasteiger charge is 2.45. The summed E-state index contributed by atoms with van der Waals surface area (Å²) in [4.78, 5) is 72.2. The van der Waals surface area contributed by atoms with E-state index >= 15 is 0 Å². The van der Waals surface area contributed by atoms with Gasteiger partial charge in [0, 0.05) is 61.7 Å². The summed E-state index contributed by atoms with van der Waals surface area (Å²) in [6.07, 6.45) is 3.11. The third-order valence-electron chi connectivity index (χ3n) is 9.13. The van der Waals surface area contributed by atoms with Crippen molar-refractivity contribution in [3.63, 3.8) is 0 Å². The number of carbonyl (C=O) groups is 2. The van der Waals surface area contributed by atoms with E-state index in [1.54, 1.807) is 31.3 Å². The molecule has 0 saturated carbocycles. The van der Waals surface area contributed by atoms with Crippen LogP contribution in [0.15, 0.2) is 84.1 Å². The summed E-state index contributed by atoms with van der Waals surface area (Å²) in [7, 11) is 4.60. The van der Waals surface area contributed by atoms with E-state index in [-0.39, 0.29) is 64.6 Å². The number of ketones is 2. The molecule has 47 heavy (non-hydrogen) atoms. The molecular weight excluding hydrogens is 674 g/mol. The lowest BCUT2D eigenvalue weighted by Gasteiger charge is -2.39. The zero-order chi connectivity index (χ0) is 33.3. The minimum Gasteiger partial charge on any atom is -0.508 e. The van der Waals surface area contributed by atoms with Crippen molar-refractivity contribution in [2.75, 3.05) is 14.2 Å². The minimum absolute atomic E-state index is 0.00274. The zero-order valence-electron chi connectivity index (χ0n) is 25.5. The van der Waals surface area contributed by atoms with Gasteiger partial charge in [-0.1, -0.05) is 18.2 Å². The van der Waals surface area contributed by atoms with E-state index in [1.807, 2.05) is 6.08 Å². The molecule has 2 aromatic heterocycles. The number of hydrogen-bond donors (Lipinski definition) is 1. The second-order valence-electron chi connectivity index (χ2n) is 11.5. The van der Waals surface area contributed by atoms with Crippen molar-refractivity contribution < 1.29 is 24.2 Å². The highest BCUT2D eigenvalue weighted by molar-refractivity contribution is 9.12. The topological polar surface area (TPSA) is 157 Å². The van der Waals surface area contributed by atoms with Crippen LogP contribution in [-0.4, -0.2) is 54.4 Å². The molecule has 3 aliphatic rings. The lowest BCUT2D eigenvalue weighted by Crippen LogP contribution is -2.40. The normalized spacial score (nSPS) is 18.8. The first-order valence-electron chi connectivity index (χ1n) is 14.8. The quantitative estimate of drug-likeness (QED) is 0.236. The molecule has 7 rings (SSSR count). The Morgan fingerprint density at radius 2 is 1.70 bits per heavy atom. The van der Waals surface area contributed by atoms with Crippen LogP contribution in [0.5, 0.6) is 17.2 Å². The Balaban J connectivity index is 1.29. The number of Topliss-reactive ketones (excluding diaryl/α,β-unsaturated/α-hetero) is 1. The molecule has 1 aliphatic heterocycles. The Labute approximate surface area is 274 Å². The summed E-state index contributed by atoms with van der Waals surface area (Å²) in [5.74, 6) is -0.431. The standard InChI is InChI=1S/C33H28BrN5O8/c1-36-24-15-27(47-3)26(46-2)14-22(24)35-21(31(36)43)9-10-37-32(44)38-11-8-18-23(39(38)33(37)45)12-19-29(25(41)13-20(34)30(19)42)28(18)16-4-6-17(40)7-5-16/h4-8,13-15,23,28,40H,9-12H2,1-3H3. The van der Waals surface area contributed by atoms with Crippen LogP contribution in [0.1, 0.15) is 29.6 Å². The van der Waals surface area contributed by atoms with Gasteiger partial charge in [0.05, 0.1) is 42.3 Å². The molecule has 2 aliphatic carbocycles. The molecule has 3 heterocycles. The summed E-state index contributed by atoms with van der Waals surface area (Å²) < 4.78 is 16.0. The maximum absolute atomic E-state index is 14.0. The molecule has 0 fully saturated rings. The number of phenolic OH excluding ortho intramolecular Hbond substituents is 1. The van der Waals surface area contributed by atoms with Gasteiger partial charge >= 0.3 is 11.4 Å². The molecule has 2 aromatic carbocycles. The maximum atomic E-state index is 14.0.